The van der Waals surface area contributed by atoms with Crippen LogP contribution >= 0.6 is 50.9 Å². The summed E-state index contributed by atoms with van der Waals surface area (Å²) < 4.78 is 12.5. The van der Waals surface area contributed by atoms with E-state index in [4.69, 9.17) is 32.7 Å². The van der Waals surface area contributed by atoms with Crippen LogP contribution in [0.5, 0.6) is 11.5 Å². The summed E-state index contributed by atoms with van der Waals surface area (Å²) in [6, 6.07) is 18.8. The van der Waals surface area contributed by atoms with Gasteiger partial charge < -0.3 is 9.47 Å². The van der Waals surface area contributed by atoms with Gasteiger partial charge in [-0.3, -0.25) is 9.69 Å². The van der Waals surface area contributed by atoms with Gasteiger partial charge in [0.05, 0.1) is 17.9 Å². The Hall–Kier alpha value is -1.86. The second-order valence-corrected chi connectivity index (χ2v) is 9.68. The quantitative estimate of drug-likeness (QED) is 0.335. The summed E-state index contributed by atoms with van der Waals surface area (Å²) in [6.07, 6.45) is 0. The molecule has 1 amide bonds. The zero-order valence-electron chi connectivity index (χ0n) is 16.5. The minimum atomic E-state index is -0.222. The van der Waals surface area contributed by atoms with Gasteiger partial charge in [-0.15, -0.1) is 11.8 Å². The summed E-state index contributed by atoms with van der Waals surface area (Å²) in [6.45, 7) is 0.357. The molecule has 1 aliphatic heterocycles. The molecule has 31 heavy (non-hydrogen) atoms. The van der Waals surface area contributed by atoms with E-state index in [9.17, 15) is 4.79 Å². The van der Waals surface area contributed by atoms with Gasteiger partial charge in [0.2, 0.25) is 5.91 Å². The van der Waals surface area contributed by atoms with Crippen molar-refractivity contribution >= 4 is 62.5 Å². The molecule has 1 atom stereocenters. The Morgan fingerprint density at radius 3 is 2.48 bits per heavy atom. The lowest BCUT2D eigenvalue weighted by molar-refractivity contribution is -0.115. The molecule has 1 aliphatic rings. The average molecular weight is 539 g/mol. The highest BCUT2D eigenvalue weighted by atomic mass is 79.9. The fourth-order valence-electron chi connectivity index (χ4n) is 3.31. The molecule has 0 saturated carbocycles. The molecule has 1 fully saturated rings. The van der Waals surface area contributed by atoms with Gasteiger partial charge in [0.25, 0.3) is 0 Å². The summed E-state index contributed by atoms with van der Waals surface area (Å²) >= 11 is 17.6. The van der Waals surface area contributed by atoms with Crippen LogP contribution in [0.3, 0.4) is 0 Å². The minimum absolute atomic E-state index is 0.0305. The largest absolute Gasteiger partial charge is 0.493 e. The van der Waals surface area contributed by atoms with E-state index in [1.807, 2.05) is 48.5 Å². The molecule has 0 spiro atoms. The highest BCUT2D eigenvalue weighted by Crippen LogP contribution is 2.46. The van der Waals surface area contributed by atoms with E-state index in [-0.39, 0.29) is 11.3 Å². The zero-order chi connectivity index (χ0) is 22.0. The third-order valence-corrected chi connectivity index (χ3v) is 7.08. The van der Waals surface area contributed by atoms with Gasteiger partial charge in [-0.2, -0.15) is 0 Å². The molecule has 0 aliphatic carbocycles. The van der Waals surface area contributed by atoms with Gasteiger partial charge in [0, 0.05) is 15.2 Å². The smallest absolute Gasteiger partial charge is 0.238 e. The van der Waals surface area contributed by atoms with Crippen LogP contribution in [0.1, 0.15) is 16.5 Å². The van der Waals surface area contributed by atoms with E-state index in [1.165, 1.54) is 11.8 Å². The van der Waals surface area contributed by atoms with E-state index < -0.39 is 0 Å². The third-order valence-electron chi connectivity index (χ3n) is 4.81. The van der Waals surface area contributed by atoms with Crippen molar-refractivity contribution in [2.75, 3.05) is 17.8 Å². The number of amides is 1. The van der Waals surface area contributed by atoms with E-state index in [0.717, 1.165) is 21.3 Å². The Morgan fingerprint density at radius 1 is 1.10 bits per heavy atom. The Kier molecular flexibility index (Phi) is 7.02. The lowest BCUT2D eigenvalue weighted by atomic mass is 10.1. The van der Waals surface area contributed by atoms with Crippen molar-refractivity contribution < 1.29 is 14.3 Å². The predicted molar refractivity (Wildman–Crippen MR) is 131 cm³/mol. The van der Waals surface area contributed by atoms with Crippen molar-refractivity contribution in [3.05, 3.63) is 86.3 Å². The van der Waals surface area contributed by atoms with Gasteiger partial charge in [0.1, 0.15) is 12.0 Å². The lowest BCUT2D eigenvalue weighted by Crippen LogP contribution is -2.27. The van der Waals surface area contributed by atoms with Crippen molar-refractivity contribution in [1.29, 1.82) is 0 Å². The molecule has 0 bridgehead atoms. The van der Waals surface area contributed by atoms with Crippen molar-refractivity contribution in [3.8, 4) is 11.5 Å². The number of carbonyl (C=O) groups is 1. The molecular weight excluding hydrogens is 521 g/mol. The molecule has 1 saturated heterocycles. The van der Waals surface area contributed by atoms with Crippen LogP contribution in [0.2, 0.25) is 10.0 Å². The highest BCUT2D eigenvalue weighted by Gasteiger charge is 2.35. The van der Waals surface area contributed by atoms with Crippen LogP contribution in [-0.2, 0) is 11.4 Å². The number of methoxy groups -OCH3 is 1. The molecule has 0 unspecified atom stereocenters. The Balaban J connectivity index is 1.61. The van der Waals surface area contributed by atoms with Gasteiger partial charge in [-0.1, -0.05) is 51.3 Å². The van der Waals surface area contributed by atoms with Crippen LogP contribution in [0.15, 0.2) is 65.1 Å². The van der Waals surface area contributed by atoms with E-state index in [2.05, 4.69) is 15.9 Å². The summed E-state index contributed by atoms with van der Waals surface area (Å²) in [5.41, 5.74) is 2.66. The second-order valence-electron chi connectivity index (χ2n) is 6.85. The lowest BCUT2D eigenvalue weighted by Gasteiger charge is -2.25. The van der Waals surface area contributed by atoms with Crippen molar-refractivity contribution in [2.45, 2.75) is 12.0 Å². The van der Waals surface area contributed by atoms with Crippen molar-refractivity contribution in [2.24, 2.45) is 0 Å². The number of carbonyl (C=O) groups excluding carboxylic acids is 1. The van der Waals surface area contributed by atoms with Crippen molar-refractivity contribution in [3.63, 3.8) is 0 Å². The van der Waals surface area contributed by atoms with Gasteiger partial charge in [-0.05, 0) is 59.7 Å². The van der Waals surface area contributed by atoms with Crippen molar-refractivity contribution in [1.82, 2.24) is 0 Å². The summed E-state index contributed by atoms with van der Waals surface area (Å²) in [7, 11) is 1.58. The molecule has 4 rings (SSSR count). The number of halogens is 3. The molecule has 4 nitrogen and oxygen atoms in total. The summed E-state index contributed by atoms with van der Waals surface area (Å²) in [5.74, 6) is 1.41. The first-order chi connectivity index (χ1) is 15.0. The Bertz CT molecular complexity index is 1090. The first kappa shape index (κ1) is 22.3. The molecular formula is C23H18BrCl2NO3S. The molecule has 0 aromatic heterocycles. The topological polar surface area (TPSA) is 38.8 Å². The van der Waals surface area contributed by atoms with Crippen LogP contribution in [-0.4, -0.2) is 18.8 Å². The normalized spacial score (nSPS) is 15.9. The van der Waals surface area contributed by atoms with Crippen LogP contribution in [0.25, 0.3) is 0 Å². The SMILES string of the molecule is COc1cc([C@@H]2SCC(=O)N2c2ccc(Cl)cc2)cc(Cl)c1OCc1ccc(Br)cc1. The average Bonchev–Trinajstić information content (AvgIpc) is 3.15. The minimum Gasteiger partial charge on any atom is -0.493 e. The summed E-state index contributed by atoms with van der Waals surface area (Å²) in [5, 5.41) is 0.833. The van der Waals surface area contributed by atoms with Crippen LogP contribution in [0.4, 0.5) is 5.69 Å². The number of rotatable bonds is 6. The Labute approximate surface area is 203 Å². The highest BCUT2D eigenvalue weighted by molar-refractivity contribution is 9.10. The number of thioether (sulfide) groups is 1. The van der Waals surface area contributed by atoms with Crippen LogP contribution < -0.4 is 14.4 Å². The van der Waals surface area contributed by atoms with Crippen LogP contribution in [0, 0.1) is 0 Å². The maximum Gasteiger partial charge on any atom is 0.238 e. The van der Waals surface area contributed by atoms with E-state index in [1.54, 1.807) is 24.1 Å². The fraction of sp³-hybridized carbons (Fsp3) is 0.174. The van der Waals surface area contributed by atoms with Gasteiger partial charge in [0.15, 0.2) is 11.5 Å². The van der Waals surface area contributed by atoms with E-state index in [0.29, 0.717) is 33.9 Å². The second kappa shape index (κ2) is 9.74. The summed E-state index contributed by atoms with van der Waals surface area (Å²) in [4.78, 5) is 14.4. The standard InChI is InChI=1S/C23H18BrCl2NO3S/c1-29-20-11-15(10-19(26)22(20)30-12-14-2-4-16(24)5-3-14)23-27(21(28)13-31-23)18-8-6-17(25)7-9-18/h2-11,23H,12-13H2,1H3/t23-/m0/s1. The molecule has 0 N–H and O–H groups in total. The molecule has 8 heteroatoms. The first-order valence-corrected chi connectivity index (χ1v) is 12.0. The van der Waals surface area contributed by atoms with E-state index >= 15 is 0 Å². The molecule has 0 radical (unpaired) electrons. The van der Waals surface area contributed by atoms with Gasteiger partial charge >= 0.3 is 0 Å². The molecule has 3 aromatic carbocycles. The number of hydrogen-bond donors (Lipinski definition) is 0. The maximum atomic E-state index is 12.6. The molecule has 3 aromatic rings. The molecule has 160 valence electrons. The zero-order valence-corrected chi connectivity index (χ0v) is 20.4. The van der Waals surface area contributed by atoms with Gasteiger partial charge in [-0.25, -0.2) is 0 Å². The molecule has 1 heterocycles. The number of anilines is 1. The first-order valence-electron chi connectivity index (χ1n) is 9.40. The number of hydrogen-bond acceptors (Lipinski definition) is 4. The monoisotopic (exact) mass is 537 g/mol. The Morgan fingerprint density at radius 2 is 1.81 bits per heavy atom. The number of nitrogens with zero attached hydrogens (tertiary/aromatic N) is 1. The predicted octanol–water partition coefficient (Wildman–Crippen LogP) is 7.12. The maximum absolute atomic E-state index is 12.6. The fourth-order valence-corrected chi connectivity index (χ4v) is 5.13. The number of ether oxygens (including phenoxy) is 2. The number of benzene rings is 3. The third kappa shape index (κ3) is 4.98.